The van der Waals surface area contributed by atoms with Crippen LogP contribution in [0.25, 0.3) is 0 Å². The van der Waals surface area contributed by atoms with Crippen molar-refractivity contribution in [3.8, 4) is 0 Å². The first-order valence-electron chi connectivity index (χ1n) is 7.47. The number of rotatable bonds is 4. The monoisotopic (exact) mass is 270 g/mol. The Balaban J connectivity index is 1.74. The summed E-state index contributed by atoms with van der Waals surface area (Å²) in [5.74, 6) is 0.479. The molecule has 2 fully saturated rings. The summed E-state index contributed by atoms with van der Waals surface area (Å²) in [6.45, 7) is 7.44. The van der Waals surface area contributed by atoms with Crippen LogP contribution in [0.3, 0.4) is 0 Å². The Hall–Kier alpha value is -0.650. The first kappa shape index (κ1) is 14.8. The van der Waals surface area contributed by atoms with E-state index in [-0.39, 0.29) is 12.0 Å². The third-order valence-corrected chi connectivity index (χ3v) is 4.20. The van der Waals surface area contributed by atoms with E-state index in [1.165, 1.54) is 0 Å². The third-order valence-electron chi connectivity index (χ3n) is 4.20. The summed E-state index contributed by atoms with van der Waals surface area (Å²) in [5.41, 5.74) is 0. The second-order valence-electron chi connectivity index (χ2n) is 5.57. The van der Waals surface area contributed by atoms with Gasteiger partial charge in [-0.15, -0.1) is 0 Å². The van der Waals surface area contributed by atoms with E-state index in [0.717, 1.165) is 52.0 Å². The predicted octanol–water partition coefficient (Wildman–Crippen LogP) is 0.328. The van der Waals surface area contributed by atoms with Gasteiger partial charge in [-0.1, -0.05) is 6.92 Å². The fourth-order valence-corrected chi connectivity index (χ4v) is 2.83. The van der Waals surface area contributed by atoms with Crippen LogP contribution in [0.2, 0.25) is 0 Å². The molecular weight excluding hydrogens is 244 g/mol. The van der Waals surface area contributed by atoms with E-state index in [2.05, 4.69) is 4.90 Å². The molecule has 0 saturated carbocycles. The van der Waals surface area contributed by atoms with Gasteiger partial charge in [-0.25, -0.2) is 0 Å². The number of carbonyl (C=O) groups excluding carboxylic acids is 1. The standard InChI is InChI=1S/C14H26N2O3/c1-2-13(17)11-15-5-3-12(4-6-15)14(18)16-7-9-19-10-8-16/h12-13,17H,2-11H2,1H3/t13-/m1/s1. The van der Waals surface area contributed by atoms with Gasteiger partial charge in [0, 0.05) is 25.6 Å². The summed E-state index contributed by atoms with van der Waals surface area (Å²) >= 11 is 0. The van der Waals surface area contributed by atoms with Crippen LogP contribution >= 0.6 is 0 Å². The highest BCUT2D eigenvalue weighted by molar-refractivity contribution is 5.79. The van der Waals surface area contributed by atoms with E-state index < -0.39 is 0 Å². The first-order valence-corrected chi connectivity index (χ1v) is 7.47. The van der Waals surface area contributed by atoms with Gasteiger partial charge in [0.1, 0.15) is 0 Å². The highest BCUT2D eigenvalue weighted by Crippen LogP contribution is 2.20. The molecule has 0 spiro atoms. The number of carbonyl (C=O) groups is 1. The Morgan fingerprint density at radius 2 is 1.89 bits per heavy atom. The highest BCUT2D eigenvalue weighted by Gasteiger charge is 2.29. The number of piperidine rings is 1. The van der Waals surface area contributed by atoms with Crippen LogP contribution in [0.1, 0.15) is 26.2 Å². The Labute approximate surface area is 115 Å². The lowest BCUT2D eigenvalue weighted by Crippen LogP contribution is -2.47. The molecule has 0 aliphatic carbocycles. The summed E-state index contributed by atoms with van der Waals surface area (Å²) in [5, 5.41) is 9.66. The highest BCUT2D eigenvalue weighted by atomic mass is 16.5. The minimum atomic E-state index is -0.230. The number of nitrogens with zero attached hydrogens (tertiary/aromatic N) is 2. The molecule has 2 rings (SSSR count). The molecule has 0 aromatic rings. The summed E-state index contributed by atoms with van der Waals surface area (Å²) in [4.78, 5) is 16.6. The second-order valence-corrected chi connectivity index (χ2v) is 5.57. The van der Waals surface area contributed by atoms with Crippen molar-refractivity contribution in [1.82, 2.24) is 9.80 Å². The van der Waals surface area contributed by atoms with E-state index in [1.807, 2.05) is 11.8 Å². The molecule has 1 amide bonds. The zero-order valence-corrected chi connectivity index (χ0v) is 11.9. The van der Waals surface area contributed by atoms with Crippen LogP contribution in [0, 0.1) is 5.92 Å². The molecule has 1 atom stereocenters. The number of likely N-dealkylation sites (tertiary alicyclic amines) is 1. The van der Waals surface area contributed by atoms with E-state index in [4.69, 9.17) is 4.74 Å². The fourth-order valence-electron chi connectivity index (χ4n) is 2.83. The molecule has 5 nitrogen and oxygen atoms in total. The van der Waals surface area contributed by atoms with Crippen LogP contribution in [0.15, 0.2) is 0 Å². The van der Waals surface area contributed by atoms with E-state index >= 15 is 0 Å². The topological polar surface area (TPSA) is 53.0 Å². The maximum Gasteiger partial charge on any atom is 0.225 e. The van der Waals surface area contributed by atoms with Crippen molar-refractivity contribution >= 4 is 5.91 Å². The number of amides is 1. The van der Waals surface area contributed by atoms with Crippen molar-refractivity contribution in [1.29, 1.82) is 0 Å². The Morgan fingerprint density at radius 1 is 1.26 bits per heavy atom. The number of aliphatic hydroxyl groups is 1. The maximum atomic E-state index is 12.3. The summed E-state index contributed by atoms with van der Waals surface area (Å²) < 4.78 is 5.28. The van der Waals surface area contributed by atoms with Gasteiger partial charge < -0.3 is 19.6 Å². The largest absolute Gasteiger partial charge is 0.392 e. The van der Waals surface area contributed by atoms with Crippen LogP contribution < -0.4 is 0 Å². The number of hydrogen-bond donors (Lipinski definition) is 1. The summed E-state index contributed by atoms with van der Waals surface area (Å²) in [6.07, 6.45) is 2.41. The number of β-amino-alcohol motifs (C(OH)–C–C–N with tert-alkyl or cyclic N) is 1. The summed E-state index contributed by atoms with van der Waals surface area (Å²) in [6, 6.07) is 0. The molecule has 2 aliphatic rings. The normalized spacial score (nSPS) is 24.4. The average molecular weight is 270 g/mol. The van der Waals surface area contributed by atoms with Gasteiger partial charge in [0.05, 0.1) is 19.3 Å². The van der Waals surface area contributed by atoms with E-state index in [9.17, 15) is 9.90 Å². The van der Waals surface area contributed by atoms with Crippen molar-refractivity contribution in [2.24, 2.45) is 5.92 Å². The van der Waals surface area contributed by atoms with Gasteiger partial charge in [0.15, 0.2) is 0 Å². The Kier molecular flexibility index (Phi) is 5.60. The molecule has 5 heteroatoms. The van der Waals surface area contributed by atoms with Crippen molar-refractivity contribution in [2.45, 2.75) is 32.3 Å². The molecule has 0 bridgehead atoms. The minimum Gasteiger partial charge on any atom is -0.392 e. The molecule has 110 valence electrons. The van der Waals surface area contributed by atoms with Gasteiger partial charge in [-0.3, -0.25) is 4.79 Å². The molecule has 0 unspecified atom stereocenters. The predicted molar refractivity (Wildman–Crippen MR) is 72.9 cm³/mol. The van der Waals surface area contributed by atoms with Crippen molar-refractivity contribution in [3.63, 3.8) is 0 Å². The maximum absolute atomic E-state index is 12.3. The smallest absolute Gasteiger partial charge is 0.225 e. The third kappa shape index (κ3) is 4.16. The fraction of sp³-hybridized carbons (Fsp3) is 0.929. The van der Waals surface area contributed by atoms with Gasteiger partial charge in [0.25, 0.3) is 0 Å². The van der Waals surface area contributed by atoms with Crippen LogP contribution in [0.4, 0.5) is 0 Å². The van der Waals surface area contributed by atoms with Crippen molar-refractivity contribution < 1.29 is 14.6 Å². The molecular formula is C14H26N2O3. The van der Waals surface area contributed by atoms with Gasteiger partial charge in [-0.05, 0) is 32.4 Å². The molecule has 2 aliphatic heterocycles. The van der Waals surface area contributed by atoms with Gasteiger partial charge in [0.2, 0.25) is 5.91 Å². The molecule has 19 heavy (non-hydrogen) atoms. The average Bonchev–Trinajstić information content (AvgIpc) is 2.48. The number of hydrogen-bond acceptors (Lipinski definition) is 4. The quantitative estimate of drug-likeness (QED) is 0.800. The Morgan fingerprint density at radius 3 is 2.47 bits per heavy atom. The molecule has 0 aromatic carbocycles. The van der Waals surface area contributed by atoms with Crippen LogP contribution in [-0.4, -0.2) is 72.9 Å². The SMILES string of the molecule is CC[C@@H](O)CN1CCC(C(=O)N2CCOCC2)CC1. The van der Waals surface area contributed by atoms with Crippen LogP contribution in [-0.2, 0) is 9.53 Å². The molecule has 2 saturated heterocycles. The Bertz CT molecular complexity index is 284. The number of aliphatic hydroxyl groups excluding tert-OH is 1. The zero-order chi connectivity index (χ0) is 13.7. The number of morpholine rings is 1. The van der Waals surface area contributed by atoms with E-state index in [1.54, 1.807) is 0 Å². The molecule has 0 radical (unpaired) electrons. The molecule has 0 aromatic heterocycles. The number of ether oxygens (including phenoxy) is 1. The minimum absolute atomic E-state index is 0.174. The van der Waals surface area contributed by atoms with E-state index in [0.29, 0.717) is 19.1 Å². The first-order chi connectivity index (χ1) is 9.20. The lowest BCUT2D eigenvalue weighted by atomic mass is 9.95. The lowest BCUT2D eigenvalue weighted by molar-refractivity contribution is -0.141. The van der Waals surface area contributed by atoms with Crippen LogP contribution in [0.5, 0.6) is 0 Å². The van der Waals surface area contributed by atoms with Gasteiger partial charge in [-0.2, -0.15) is 0 Å². The summed E-state index contributed by atoms with van der Waals surface area (Å²) in [7, 11) is 0. The lowest BCUT2D eigenvalue weighted by Gasteiger charge is -2.36. The zero-order valence-electron chi connectivity index (χ0n) is 11.9. The molecule has 1 N–H and O–H groups in total. The van der Waals surface area contributed by atoms with Crippen molar-refractivity contribution in [3.05, 3.63) is 0 Å². The molecule has 2 heterocycles. The second kappa shape index (κ2) is 7.22. The van der Waals surface area contributed by atoms with Crippen molar-refractivity contribution in [2.75, 3.05) is 45.9 Å². The van der Waals surface area contributed by atoms with Gasteiger partial charge >= 0.3 is 0 Å².